The number of nitrogens with one attached hydrogen (secondary N) is 1. The maximum absolute atomic E-state index is 14.0. The van der Waals surface area contributed by atoms with Gasteiger partial charge in [0.15, 0.2) is 5.65 Å². The van der Waals surface area contributed by atoms with Crippen LogP contribution in [0.5, 0.6) is 0 Å². The number of fused-ring (bicyclic) bond motifs is 1. The Hall–Kier alpha value is -4.01. The van der Waals surface area contributed by atoms with Gasteiger partial charge in [-0.2, -0.15) is 18.3 Å². The molecular weight excluding hydrogens is 563 g/mol. The quantitative estimate of drug-likeness (QED) is 0.320. The van der Waals surface area contributed by atoms with Crippen LogP contribution < -0.4 is 10.2 Å². The maximum Gasteiger partial charge on any atom is 0.416 e. The van der Waals surface area contributed by atoms with Crippen molar-refractivity contribution in [2.45, 2.75) is 25.7 Å². The number of halogens is 3. The third-order valence-electron chi connectivity index (χ3n) is 8.16. The van der Waals surface area contributed by atoms with Crippen LogP contribution in [0.25, 0.3) is 16.9 Å². The van der Waals surface area contributed by atoms with E-state index in [1.54, 1.807) is 27.7 Å². The number of carbonyl (C=O) groups is 1. The lowest BCUT2D eigenvalue weighted by molar-refractivity contribution is -0.138. The summed E-state index contributed by atoms with van der Waals surface area (Å²) in [6.07, 6.45) is 1.23. The van der Waals surface area contributed by atoms with E-state index in [1.807, 2.05) is 35.2 Å². The second kappa shape index (κ2) is 11.9. The molecule has 0 spiro atoms. The van der Waals surface area contributed by atoms with Crippen molar-refractivity contribution in [3.63, 3.8) is 0 Å². The SMILES string of the molecule is CN1CCN(Cc2ccc(NC(=O)[C@@H]3CCN(c4ccc5ncc(-c6cnn(CCO)c6)n5n4)C3)cc2C(F)(F)F)CC1. The molecule has 3 aromatic heterocycles. The van der Waals surface area contributed by atoms with Gasteiger partial charge in [-0.25, -0.2) is 9.50 Å². The number of aromatic nitrogens is 5. The second-order valence-corrected chi connectivity index (χ2v) is 11.2. The predicted molar refractivity (Wildman–Crippen MR) is 154 cm³/mol. The van der Waals surface area contributed by atoms with E-state index in [1.165, 1.54) is 6.07 Å². The average molecular weight is 598 g/mol. The number of benzene rings is 1. The summed E-state index contributed by atoms with van der Waals surface area (Å²) < 4.78 is 45.4. The molecule has 2 aliphatic heterocycles. The molecule has 0 unspecified atom stereocenters. The van der Waals surface area contributed by atoms with E-state index in [9.17, 15) is 23.1 Å². The van der Waals surface area contributed by atoms with Gasteiger partial charge in [0.05, 0.1) is 42.7 Å². The van der Waals surface area contributed by atoms with Crippen molar-refractivity contribution in [1.82, 2.24) is 34.2 Å². The number of rotatable bonds is 8. The largest absolute Gasteiger partial charge is 0.416 e. The molecular formula is C29H34F3N9O2. The summed E-state index contributed by atoms with van der Waals surface area (Å²) in [6.45, 7) is 4.60. The number of likely N-dealkylation sites (N-methyl/N-ethyl adjacent to an activating group) is 1. The Morgan fingerprint density at radius 1 is 1.09 bits per heavy atom. The monoisotopic (exact) mass is 597 g/mol. The molecule has 4 aromatic rings. The number of aliphatic hydroxyl groups is 1. The van der Waals surface area contributed by atoms with Gasteiger partial charge in [0.2, 0.25) is 5.91 Å². The number of anilines is 2. The Labute approximate surface area is 246 Å². The van der Waals surface area contributed by atoms with Crippen LogP contribution in [0, 0.1) is 5.92 Å². The number of aliphatic hydroxyl groups excluding tert-OH is 1. The number of hydrogen-bond acceptors (Lipinski definition) is 8. The highest BCUT2D eigenvalue weighted by molar-refractivity contribution is 5.93. The molecule has 0 aliphatic carbocycles. The fraction of sp³-hybridized carbons (Fsp3) is 0.448. The number of imidazole rings is 1. The Kier molecular flexibility index (Phi) is 8.07. The van der Waals surface area contributed by atoms with Gasteiger partial charge < -0.3 is 20.2 Å². The Morgan fingerprint density at radius 2 is 1.91 bits per heavy atom. The molecule has 5 heterocycles. The minimum Gasteiger partial charge on any atom is -0.394 e. The molecule has 1 amide bonds. The second-order valence-electron chi connectivity index (χ2n) is 11.2. The average Bonchev–Trinajstić information content (AvgIpc) is 3.74. The molecule has 1 aromatic carbocycles. The van der Waals surface area contributed by atoms with E-state index in [0.29, 0.717) is 50.6 Å². The minimum absolute atomic E-state index is 0.0217. The van der Waals surface area contributed by atoms with E-state index < -0.39 is 17.7 Å². The van der Waals surface area contributed by atoms with Crippen molar-refractivity contribution in [3.8, 4) is 11.3 Å². The van der Waals surface area contributed by atoms with Crippen LogP contribution in [-0.4, -0.2) is 98.1 Å². The Balaban J connectivity index is 1.13. The van der Waals surface area contributed by atoms with Gasteiger partial charge in [0.25, 0.3) is 0 Å². The van der Waals surface area contributed by atoms with Crippen LogP contribution in [0.4, 0.5) is 24.7 Å². The first-order chi connectivity index (χ1) is 20.7. The molecule has 0 saturated carbocycles. The van der Waals surface area contributed by atoms with E-state index in [4.69, 9.17) is 5.10 Å². The zero-order chi connectivity index (χ0) is 30.1. The molecule has 2 N–H and O–H groups in total. The first-order valence-electron chi connectivity index (χ1n) is 14.3. The van der Waals surface area contributed by atoms with Gasteiger partial charge in [-0.15, -0.1) is 5.10 Å². The van der Waals surface area contributed by atoms with Gasteiger partial charge in [-0.05, 0) is 43.3 Å². The number of carbonyl (C=O) groups excluding carboxylic acids is 1. The van der Waals surface area contributed by atoms with E-state index in [0.717, 1.165) is 30.4 Å². The summed E-state index contributed by atoms with van der Waals surface area (Å²) in [7, 11) is 2.00. The summed E-state index contributed by atoms with van der Waals surface area (Å²) in [4.78, 5) is 23.7. The number of nitrogens with zero attached hydrogens (tertiary/aromatic N) is 8. The molecule has 6 rings (SSSR count). The highest BCUT2D eigenvalue weighted by atomic mass is 19.4. The fourth-order valence-electron chi connectivity index (χ4n) is 5.68. The van der Waals surface area contributed by atoms with Crippen LogP contribution in [0.1, 0.15) is 17.5 Å². The van der Waals surface area contributed by atoms with E-state index in [-0.39, 0.29) is 30.3 Å². The smallest absolute Gasteiger partial charge is 0.394 e. The third kappa shape index (κ3) is 6.36. The highest BCUT2D eigenvalue weighted by Crippen LogP contribution is 2.35. The van der Waals surface area contributed by atoms with Crippen LogP contribution in [0.2, 0.25) is 0 Å². The topological polar surface area (TPSA) is 107 Å². The van der Waals surface area contributed by atoms with Gasteiger partial charge >= 0.3 is 6.18 Å². The summed E-state index contributed by atoms with van der Waals surface area (Å²) in [5, 5.41) is 20.9. The number of piperazine rings is 1. The third-order valence-corrected chi connectivity index (χ3v) is 8.16. The number of hydrogen-bond donors (Lipinski definition) is 2. The molecule has 0 radical (unpaired) electrons. The summed E-state index contributed by atoms with van der Waals surface area (Å²) in [6, 6.07) is 7.78. The van der Waals surface area contributed by atoms with Crippen LogP contribution >= 0.6 is 0 Å². The molecule has 2 saturated heterocycles. The van der Waals surface area contributed by atoms with Crippen molar-refractivity contribution in [3.05, 3.63) is 60.0 Å². The van der Waals surface area contributed by atoms with Crippen LogP contribution in [-0.2, 0) is 24.1 Å². The zero-order valence-electron chi connectivity index (χ0n) is 23.8. The number of alkyl halides is 3. The van der Waals surface area contributed by atoms with Crippen LogP contribution in [0.15, 0.2) is 48.9 Å². The molecule has 1 atom stereocenters. The van der Waals surface area contributed by atoms with Gasteiger partial charge in [0.1, 0.15) is 5.82 Å². The molecule has 43 heavy (non-hydrogen) atoms. The summed E-state index contributed by atoms with van der Waals surface area (Å²) >= 11 is 0. The fourth-order valence-corrected chi connectivity index (χ4v) is 5.68. The minimum atomic E-state index is -4.53. The van der Waals surface area contributed by atoms with E-state index >= 15 is 0 Å². The molecule has 14 heteroatoms. The molecule has 0 bridgehead atoms. The lowest BCUT2D eigenvalue weighted by atomic mass is 10.0. The molecule has 228 valence electrons. The lowest BCUT2D eigenvalue weighted by Crippen LogP contribution is -2.44. The van der Waals surface area contributed by atoms with Crippen molar-refractivity contribution in [2.75, 3.05) is 63.1 Å². The van der Waals surface area contributed by atoms with Gasteiger partial charge in [-0.1, -0.05) is 6.07 Å². The Morgan fingerprint density at radius 3 is 2.67 bits per heavy atom. The van der Waals surface area contributed by atoms with Crippen molar-refractivity contribution < 1.29 is 23.1 Å². The predicted octanol–water partition coefficient (Wildman–Crippen LogP) is 2.82. The first-order valence-corrected chi connectivity index (χ1v) is 14.3. The van der Waals surface area contributed by atoms with Crippen molar-refractivity contribution in [1.29, 1.82) is 0 Å². The highest BCUT2D eigenvalue weighted by Gasteiger charge is 2.35. The maximum atomic E-state index is 14.0. The lowest BCUT2D eigenvalue weighted by Gasteiger charge is -2.33. The zero-order valence-corrected chi connectivity index (χ0v) is 23.8. The van der Waals surface area contributed by atoms with E-state index in [2.05, 4.69) is 20.3 Å². The molecule has 2 aliphatic rings. The standard InChI is InChI=1S/C29H34F3N9O2/c1-37-8-10-38(11-9-37)17-20-2-3-23(14-24(20)29(30,31)32)35-28(43)21-6-7-39(18-21)27-5-4-26-33-16-25(41(26)36-27)22-15-34-40(19-22)12-13-42/h2-5,14-16,19,21,42H,6-13,17-18H2,1H3,(H,35,43)/t21-/m1/s1. The van der Waals surface area contributed by atoms with Crippen LogP contribution in [0.3, 0.4) is 0 Å². The molecule has 2 fully saturated rings. The molecule has 11 nitrogen and oxygen atoms in total. The van der Waals surface area contributed by atoms with Gasteiger partial charge in [0, 0.05) is 63.3 Å². The Bertz CT molecular complexity index is 1590. The normalized spacial score (nSPS) is 18.5. The van der Waals surface area contributed by atoms with Crippen molar-refractivity contribution in [2.24, 2.45) is 5.92 Å². The summed E-state index contributed by atoms with van der Waals surface area (Å²) in [5.74, 6) is -0.0589. The van der Waals surface area contributed by atoms with Crippen molar-refractivity contribution >= 4 is 23.1 Å². The van der Waals surface area contributed by atoms with Gasteiger partial charge in [-0.3, -0.25) is 14.4 Å². The first kappa shape index (κ1) is 29.1. The number of amides is 1. The summed E-state index contributed by atoms with van der Waals surface area (Å²) in [5.41, 5.74) is 1.83.